The second-order valence-electron chi connectivity index (χ2n) is 6.65. The Kier molecular flexibility index (Phi) is 3.99. The van der Waals surface area contributed by atoms with Gasteiger partial charge in [0.2, 0.25) is 0 Å². The molecule has 0 atom stereocenters. The van der Waals surface area contributed by atoms with E-state index in [0.717, 1.165) is 44.6 Å². The van der Waals surface area contributed by atoms with Gasteiger partial charge in [0.05, 0.1) is 0 Å². The van der Waals surface area contributed by atoms with Crippen molar-refractivity contribution in [2.24, 2.45) is 0 Å². The van der Waals surface area contributed by atoms with E-state index in [0.29, 0.717) is 0 Å². The average molecular weight is 274 g/mol. The predicted octanol–water partition coefficient (Wildman–Crippen LogP) is 2.24. The smallest absolute Gasteiger partial charge is 0.123 e. The number of nitrogens with zero attached hydrogens (tertiary/aromatic N) is 1. The van der Waals surface area contributed by atoms with Gasteiger partial charge < -0.3 is 15.0 Å². The molecule has 0 aromatic heterocycles. The predicted molar refractivity (Wildman–Crippen MR) is 82.5 cm³/mol. The van der Waals surface area contributed by atoms with Gasteiger partial charge in [-0.15, -0.1) is 0 Å². The van der Waals surface area contributed by atoms with Crippen LogP contribution in [0.15, 0.2) is 18.2 Å². The van der Waals surface area contributed by atoms with Crippen LogP contribution in [-0.4, -0.2) is 43.2 Å². The summed E-state index contributed by atoms with van der Waals surface area (Å²) in [6, 6.07) is 6.80. The molecule has 1 aromatic rings. The van der Waals surface area contributed by atoms with Gasteiger partial charge in [-0.1, -0.05) is 12.1 Å². The van der Waals surface area contributed by atoms with Crippen LogP contribution in [0.25, 0.3) is 0 Å². The summed E-state index contributed by atoms with van der Waals surface area (Å²) in [5.74, 6) is 1.11. The van der Waals surface area contributed by atoms with Gasteiger partial charge in [0, 0.05) is 32.7 Å². The molecule has 1 saturated heterocycles. The largest absolute Gasteiger partial charge is 0.488 e. The van der Waals surface area contributed by atoms with E-state index < -0.39 is 0 Å². The lowest BCUT2D eigenvalue weighted by Crippen LogP contribution is -2.44. The van der Waals surface area contributed by atoms with Crippen molar-refractivity contribution in [1.82, 2.24) is 10.2 Å². The van der Waals surface area contributed by atoms with Gasteiger partial charge >= 0.3 is 0 Å². The quantitative estimate of drug-likeness (QED) is 0.915. The Labute approximate surface area is 122 Å². The third-order valence-electron chi connectivity index (χ3n) is 4.44. The van der Waals surface area contributed by atoms with E-state index in [-0.39, 0.29) is 5.60 Å². The zero-order chi connectivity index (χ0) is 14.0. The van der Waals surface area contributed by atoms with E-state index in [9.17, 15) is 0 Å². The minimum atomic E-state index is -0.00976. The molecule has 3 nitrogen and oxygen atoms in total. The first-order valence-electron chi connectivity index (χ1n) is 7.86. The van der Waals surface area contributed by atoms with Crippen LogP contribution in [0.4, 0.5) is 0 Å². The van der Waals surface area contributed by atoms with Crippen molar-refractivity contribution >= 4 is 0 Å². The van der Waals surface area contributed by atoms with Crippen molar-refractivity contribution in [3.05, 3.63) is 29.3 Å². The molecular weight excluding hydrogens is 248 g/mol. The highest BCUT2D eigenvalue weighted by atomic mass is 16.5. The molecule has 1 aromatic carbocycles. The van der Waals surface area contributed by atoms with Crippen molar-refractivity contribution in [3.63, 3.8) is 0 Å². The van der Waals surface area contributed by atoms with E-state index in [1.54, 1.807) is 0 Å². The van der Waals surface area contributed by atoms with E-state index in [2.05, 4.69) is 42.3 Å². The SMILES string of the molecule is CC1(C)CCc2ccc(CCN3CCNCC3)cc2O1. The molecule has 0 unspecified atom stereocenters. The molecule has 3 heteroatoms. The Morgan fingerprint density at radius 3 is 2.85 bits per heavy atom. The van der Waals surface area contributed by atoms with Gasteiger partial charge in [0.15, 0.2) is 0 Å². The molecule has 2 heterocycles. The van der Waals surface area contributed by atoms with Crippen LogP contribution in [0.2, 0.25) is 0 Å². The van der Waals surface area contributed by atoms with Crippen molar-refractivity contribution in [2.75, 3.05) is 32.7 Å². The van der Waals surface area contributed by atoms with Crippen LogP contribution in [-0.2, 0) is 12.8 Å². The van der Waals surface area contributed by atoms with Crippen molar-refractivity contribution < 1.29 is 4.74 Å². The summed E-state index contributed by atoms with van der Waals surface area (Å²) in [5.41, 5.74) is 2.76. The maximum absolute atomic E-state index is 6.13. The van der Waals surface area contributed by atoms with Crippen molar-refractivity contribution in [1.29, 1.82) is 0 Å². The summed E-state index contributed by atoms with van der Waals surface area (Å²) in [6.45, 7) is 10.1. The van der Waals surface area contributed by atoms with Crippen molar-refractivity contribution in [3.8, 4) is 5.75 Å². The van der Waals surface area contributed by atoms with Crippen LogP contribution in [0.5, 0.6) is 5.75 Å². The number of aryl methyl sites for hydroxylation is 1. The first kappa shape index (κ1) is 13.9. The Morgan fingerprint density at radius 2 is 2.05 bits per heavy atom. The van der Waals surface area contributed by atoms with E-state index in [4.69, 9.17) is 4.74 Å². The van der Waals surface area contributed by atoms with Crippen LogP contribution >= 0.6 is 0 Å². The molecule has 1 fully saturated rings. The zero-order valence-electron chi connectivity index (χ0n) is 12.7. The number of nitrogens with one attached hydrogen (secondary N) is 1. The number of fused-ring (bicyclic) bond motifs is 1. The maximum Gasteiger partial charge on any atom is 0.123 e. The number of ether oxygens (including phenoxy) is 1. The van der Waals surface area contributed by atoms with Gasteiger partial charge in [0.1, 0.15) is 11.4 Å². The van der Waals surface area contributed by atoms with Crippen LogP contribution < -0.4 is 10.1 Å². The summed E-state index contributed by atoms with van der Waals surface area (Å²) in [4.78, 5) is 2.54. The number of piperazine rings is 1. The molecule has 1 N–H and O–H groups in total. The topological polar surface area (TPSA) is 24.5 Å². The molecule has 2 aliphatic heterocycles. The summed E-state index contributed by atoms with van der Waals surface area (Å²) >= 11 is 0. The highest BCUT2D eigenvalue weighted by Crippen LogP contribution is 2.33. The molecule has 0 radical (unpaired) electrons. The zero-order valence-corrected chi connectivity index (χ0v) is 12.7. The summed E-state index contributed by atoms with van der Waals surface area (Å²) in [7, 11) is 0. The van der Waals surface area contributed by atoms with Crippen LogP contribution in [0.1, 0.15) is 31.4 Å². The number of rotatable bonds is 3. The van der Waals surface area contributed by atoms with Gasteiger partial charge in [-0.3, -0.25) is 0 Å². The molecule has 0 amide bonds. The Morgan fingerprint density at radius 1 is 1.25 bits per heavy atom. The lowest BCUT2D eigenvalue weighted by Gasteiger charge is -2.33. The molecule has 0 spiro atoms. The first-order chi connectivity index (χ1) is 9.62. The summed E-state index contributed by atoms with van der Waals surface area (Å²) in [6.07, 6.45) is 3.37. The molecule has 2 aliphatic rings. The third kappa shape index (κ3) is 3.33. The first-order valence-corrected chi connectivity index (χ1v) is 7.86. The number of hydrogen-bond donors (Lipinski definition) is 1. The maximum atomic E-state index is 6.13. The Hall–Kier alpha value is -1.06. The molecule has 0 saturated carbocycles. The molecule has 3 rings (SSSR count). The van der Waals surface area contributed by atoms with E-state index in [1.807, 2.05) is 0 Å². The Balaban J connectivity index is 1.63. The molecule has 110 valence electrons. The van der Waals surface area contributed by atoms with Gasteiger partial charge in [-0.2, -0.15) is 0 Å². The summed E-state index contributed by atoms with van der Waals surface area (Å²) < 4.78 is 6.13. The number of benzene rings is 1. The fourth-order valence-corrected chi connectivity index (χ4v) is 3.06. The lowest BCUT2D eigenvalue weighted by molar-refractivity contribution is 0.0845. The fourth-order valence-electron chi connectivity index (χ4n) is 3.06. The third-order valence-corrected chi connectivity index (χ3v) is 4.44. The van der Waals surface area contributed by atoms with Crippen molar-refractivity contribution in [2.45, 2.75) is 38.7 Å². The molecule has 0 bridgehead atoms. The monoisotopic (exact) mass is 274 g/mol. The molecular formula is C17H26N2O. The normalized spacial score (nSPS) is 22.1. The van der Waals surface area contributed by atoms with Gasteiger partial charge in [0.25, 0.3) is 0 Å². The second-order valence-corrected chi connectivity index (χ2v) is 6.65. The van der Waals surface area contributed by atoms with E-state index >= 15 is 0 Å². The summed E-state index contributed by atoms with van der Waals surface area (Å²) in [5, 5.41) is 3.40. The highest BCUT2D eigenvalue weighted by Gasteiger charge is 2.26. The minimum Gasteiger partial charge on any atom is -0.488 e. The van der Waals surface area contributed by atoms with Gasteiger partial charge in [-0.05, 0) is 50.3 Å². The standard InChI is InChI=1S/C17H26N2O/c1-17(2)7-5-15-4-3-14(13-16(15)20-17)6-10-19-11-8-18-9-12-19/h3-4,13,18H,5-12H2,1-2H3. The van der Waals surface area contributed by atoms with Gasteiger partial charge in [-0.25, -0.2) is 0 Å². The lowest BCUT2D eigenvalue weighted by atomic mass is 9.93. The average Bonchev–Trinajstić information content (AvgIpc) is 2.45. The molecule has 0 aliphatic carbocycles. The minimum absolute atomic E-state index is 0.00976. The van der Waals surface area contributed by atoms with Crippen LogP contribution in [0.3, 0.4) is 0 Å². The molecule has 20 heavy (non-hydrogen) atoms. The van der Waals surface area contributed by atoms with Crippen LogP contribution in [0, 0.1) is 0 Å². The fraction of sp³-hybridized carbons (Fsp3) is 0.647. The second kappa shape index (κ2) is 5.74. The highest BCUT2D eigenvalue weighted by molar-refractivity contribution is 5.39. The van der Waals surface area contributed by atoms with E-state index in [1.165, 1.54) is 24.2 Å². The number of hydrogen-bond acceptors (Lipinski definition) is 3. The Bertz CT molecular complexity index is 464.